The fraction of sp³-hybridized carbons (Fsp3) is 0.386. The number of oxime groups is 1. The Morgan fingerprint density at radius 2 is 1.67 bits per heavy atom. The van der Waals surface area contributed by atoms with Crippen molar-refractivity contribution in [2.24, 2.45) is 22.9 Å². The zero-order chi connectivity index (χ0) is 47.7. The van der Waals surface area contributed by atoms with E-state index in [2.05, 4.69) is 36.9 Å². The topological polar surface area (TPSA) is 143 Å². The molecule has 7 atom stereocenters. The summed E-state index contributed by atoms with van der Waals surface area (Å²) in [5, 5.41) is 37.0. The van der Waals surface area contributed by atoms with E-state index < -0.39 is 29.9 Å². The van der Waals surface area contributed by atoms with Crippen molar-refractivity contribution in [3.63, 3.8) is 0 Å². The maximum atomic E-state index is 15.4. The summed E-state index contributed by atoms with van der Waals surface area (Å²) in [5.74, 6) is -1.28. The Labute approximate surface area is 403 Å². The molecular weight excluding hydrogens is 874 g/mol. The number of nitriles is 1. The molecule has 69 heavy (non-hydrogen) atoms. The second kappa shape index (κ2) is 21.9. The lowest BCUT2D eigenvalue weighted by atomic mass is 9.55. The molecule has 0 bridgehead atoms. The van der Waals surface area contributed by atoms with Gasteiger partial charge in [-0.3, -0.25) is 4.79 Å². The van der Waals surface area contributed by atoms with E-state index in [1.807, 2.05) is 42.5 Å². The van der Waals surface area contributed by atoms with Crippen LogP contribution in [0.1, 0.15) is 97.2 Å². The number of fused-ring (bicyclic) bond motifs is 3. The summed E-state index contributed by atoms with van der Waals surface area (Å²) in [5.41, 5.74) is 3.88. The molecule has 0 aromatic heterocycles. The monoisotopic (exact) mass is 933 g/mol. The van der Waals surface area contributed by atoms with Gasteiger partial charge in [-0.15, -0.1) is 6.58 Å². The largest absolute Gasteiger partial charge is 0.459 e. The fourth-order valence-electron chi connectivity index (χ4n) is 11.0. The van der Waals surface area contributed by atoms with E-state index in [9.17, 15) is 19.9 Å². The highest BCUT2D eigenvalue weighted by molar-refractivity contribution is 6.03. The van der Waals surface area contributed by atoms with Gasteiger partial charge in [0.25, 0.3) is 5.91 Å². The lowest BCUT2D eigenvalue weighted by Crippen LogP contribution is -2.70. The van der Waals surface area contributed by atoms with Crippen LogP contribution in [0.4, 0.5) is 4.39 Å². The number of hydrogen-bond acceptors (Lipinski definition) is 10. The predicted octanol–water partition coefficient (Wildman–Crippen LogP) is 11.1. The number of carbonyl (C=O) groups is 1. The van der Waals surface area contributed by atoms with Crippen molar-refractivity contribution < 1.29 is 43.2 Å². The lowest BCUT2D eigenvalue weighted by Gasteiger charge is -2.60. The SMILES string of the molecule is C=CCO[C@@]12Oc3ccc(Oc4ccc5ccccc5c4)cc3[C@H]3[C@H](CCCCO)[C@@H](CCCCO)C=C(C(=NOC4CCCCO4)C[C@@H]1N(Cc1ccc(F)cc1)C(=O)c1ccc(C#N)cc1)[C@H]32. The third-order valence-corrected chi connectivity index (χ3v) is 14.2. The molecule has 1 amide bonds. The van der Waals surface area contributed by atoms with Crippen LogP contribution in [0.5, 0.6) is 17.2 Å². The first-order chi connectivity index (χ1) is 33.8. The van der Waals surface area contributed by atoms with Crippen LogP contribution in [0.2, 0.25) is 0 Å². The van der Waals surface area contributed by atoms with Gasteiger partial charge in [-0.05, 0) is 139 Å². The average Bonchev–Trinajstić information content (AvgIpc) is 3.38. The van der Waals surface area contributed by atoms with E-state index in [1.165, 1.54) is 12.1 Å². The number of rotatable bonds is 19. The quantitative estimate of drug-likeness (QED) is 0.0470. The summed E-state index contributed by atoms with van der Waals surface area (Å²) < 4.78 is 41.9. The molecule has 2 aliphatic carbocycles. The molecule has 0 spiro atoms. The molecule has 11 nitrogen and oxygen atoms in total. The molecule has 9 rings (SSSR count). The van der Waals surface area contributed by atoms with Gasteiger partial charge in [0.15, 0.2) is 0 Å². The highest BCUT2D eigenvalue weighted by Gasteiger charge is 2.65. The third-order valence-electron chi connectivity index (χ3n) is 14.2. The Morgan fingerprint density at radius 1 is 0.913 bits per heavy atom. The maximum absolute atomic E-state index is 15.4. The van der Waals surface area contributed by atoms with Crippen molar-refractivity contribution in [2.75, 3.05) is 26.4 Å². The molecule has 2 fully saturated rings. The lowest BCUT2D eigenvalue weighted by molar-refractivity contribution is -0.255. The van der Waals surface area contributed by atoms with Gasteiger partial charge in [0, 0.05) is 49.6 Å². The van der Waals surface area contributed by atoms with Crippen LogP contribution >= 0.6 is 0 Å². The number of unbranched alkanes of at least 4 members (excludes halogenated alkanes) is 2. The second-order valence-electron chi connectivity index (χ2n) is 18.5. The average molecular weight is 934 g/mol. The normalized spacial score (nSPS) is 24.3. The minimum Gasteiger partial charge on any atom is -0.459 e. The highest BCUT2D eigenvalue weighted by Crippen LogP contribution is 2.62. The Balaban J connectivity index is 1.26. The summed E-state index contributed by atoms with van der Waals surface area (Å²) in [6, 6.07) is 34.0. The van der Waals surface area contributed by atoms with Crippen LogP contribution in [0.15, 0.2) is 139 Å². The first kappa shape index (κ1) is 47.7. The van der Waals surface area contributed by atoms with E-state index >= 15 is 4.79 Å². The first-order valence-corrected chi connectivity index (χ1v) is 24.4. The molecule has 1 unspecified atom stereocenters. The van der Waals surface area contributed by atoms with Gasteiger partial charge in [-0.1, -0.05) is 72.6 Å². The summed E-state index contributed by atoms with van der Waals surface area (Å²) in [7, 11) is 0. The Morgan fingerprint density at radius 3 is 2.41 bits per heavy atom. The number of hydrogen-bond donors (Lipinski definition) is 2. The standard InChI is InChI=1S/C57H60FN3O8/c1-2-30-66-57-52(61(37-39-18-23-44(58)24-19-39)56(64)41-20-16-38(36-59)17-21-41)35-50(60-69-53-15-7-10-31-65-53)48-33-43(13-5-8-28-62)47(14-6-9-29-63)54(55(48)57)49-34-46(26-27-51(49)68-57)67-45-25-22-40-11-3-4-12-42(40)32-45/h2-4,11-12,16-27,32-34,43,47,52-55,62-63H,1,5-10,13-15,28-31,35,37H2/t43-,47+,52-,53?,54+,55+,57+/m0/s1. The fourth-order valence-corrected chi connectivity index (χ4v) is 11.0. The van der Waals surface area contributed by atoms with E-state index in [4.69, 9.17) is 28.9 Å². The molecule has 2 N–H and O–H groups in total. The smallest absolute Gasteiger partial charge is 0.254 e. The van der Waals surface area contributed by atoms with Crippen molar-refractivity contribution in [2.45, 2.75) is 94.8 Å². The molecule has 0 radical (unpaired) electrons. The van der Waals surface area contributed by atoms with E-state index in [0.717, 1.165) is 60.4 Å². The number of ether oxygens (including phenoxy) is 4. The van der Waals surface area contributed by atoms with E-state index in [-0.39, 0.29) is 56.4 Å². The highest BCUT2D eigenvalue weighted by atomic mass is 19.1. The second-order valence-corrected chi connectivity index (χ2v) is 18.5. The minimum absolute atomic E-state index is 0.0166. The number of allylic oxidation sites excluding steroid dienone is 1. The molecular formula is C57H60FN3O8. The van der Waals surface area contributed by atoms with Crippen molar-refractivity contribution in [3.05, 3.63) is 162 Å². The predicted molar refractivity (Wildman–Crippen MR) is 261 cm³/mol. The molecule has 5 aromatic carbocycles. The van der Waals surface area contributed by atoms with Crippen LogP contribution in [0.3, 0.4) is 0 Å². The zero-order valence-electron chi connectivity index (χ0n) is 38.9. The number of amides is 1. The molecule has 12 heteroatoms. The van der Waals surface area contributed by atoms with Gasteiger partial charge >= 0.3 is 0 Å². The van der Waals surface area contributed by atoms with Gasteiger partial charge in [0.2, 0.25) is 12.1 Å². The first-order valence-electron chi connectivity index (χ1n) is 24.4. The third kappa shape index (κ3) is 10.3. The maximum Gasteiger partial charge on any atom is 0.254 e. The number of halogens is 1. The Hall–Kier alpha value is -6.36. The van der Waals surface area contributed by atoms with Crippen molar-refractivity contribution in [1.29, 1.82) is 5.26 Å². The zero-order valence-corrected chi connectivity index (χ0v) is 38.9. The summed E-state index contributed by atoms with van der Waals surface area (Å²) in [6.07, 6.45) is 10.5. The Kier molecular flexibility index (Phi) is 15.2. The summed E-state index contributed by atoms with van der Waals surface area (Å²) in [4.78, 5) is 23.5. The van der Waals surface area contributed by atoms with Crippen LogP contribution in [-0.2, 0) is 20.9 Å². The number of nitrogens with zero attached hydrogens (tertiary/aromatic N) is 3. The van der Waals surface area contributed by atoms with Crippen LogP contribution in [-0.4, -0.2) is 71.3 Å². The molecule has 1 saturated carbocycles. The van der Waals surface area contributed by atoms with Crippen LogP contribution < -0.4 is 9.47 Å². The molecule has 4 aliphatic rings. The number of carbonyl (C=O) groups excluding carboxylic acids is 1. The van der Waals surface area contributed by atoms with E-state index in [0.29, 0.717) is 65.5 Å². The molecule has 1 saturated heterocycles. The molecule has 5 aromatic rings. The van der Waals surface area contributed by atoms with Gasteiger partial charge in [0.1, 0.15) is 29.1 Å². The number of aliphatic hydroxyl groups is 2. The van der Waals surface area contributed by atoms with Gasteiger partial charge < -0.3 is 38.9 Å². The van der Waals surface area contributed by atoms with Crippen LogP contribution in [0, 0.1) is 34.9 Å². The van der Waals surface area contributed by atoms with Gasteiger partial charge in [0.05, 0.1) is 36.5 Å². The Bertz CT molecular complexity index is 2690. The molecule has 2 heterocycles. The van der Waals surface area contributed by atoms with Crippen molar-refractivity contribution >= 4 is 22.4 Å². The minimum atomic E-state index is -1.55. The number of benzene rings is 5. The summed E-state index contributed by atoms with van der Waals surface area (Å²) >= 11 is 0. The molecule has 358 valence electrons. The van der Waals surface area contributed by atoms with Crippen LogP contribution in [0.25, 0.3) is 10.8 Å². The number of aliphatic hydroxyl groups excluding tert-OH is 2. The molecule has 2 aliphatic heterocycles. The van der Waals surface area contributed by atoms with Crippen molar-refractivity contribution in [1.82, 2.24) is 4.90 Å². The summed E-state index contributed by atoms with van der Waals surface area (Å²) in [6.45, 7) is 4.90. The van der Waals surface area contributed by atoms with Gasteiger partial charge in [-0.25, -0.2) is 4.39 Å². The van der Waals surface area contributed by atoms with E-state index in [1.54, 1.807) is 47.4 Å². The van der Waals surface area contributed by atoms with Crippen molar-refractivity contribution in [3.8, 4) is 23.3 Å². The van der Waals surface area contributed by atoms with Gasteiger partial charge in [-0.2, -0.15) is 5.26 Å².